The number of carbonyl (C=O) groups is 2. The van der Waals surface area contributed by atoms with Crippen molar-refractivity contribution in [1.29, 1.82) is 0 Å². The molecular formula is C19H21N3O2. The minimum atomic E-state index is -0.677. The smallest absolute Gasteiger partial charge is 0.314 e. The highest BCUT2D eigenvalue weighted by molar-refractivity contribution is 6.43. The zero-order valence-electron chi connectivity index (χ0n) is 13.7. The first-order chi connectivity index (χ1) is 11.6. The lowest BCUT2D eigenvalue weighted by Crippen LogP contribution is -2.29. The van der Waals surface area contributed by atoms with Crippen molar-refractivity contribution in [3.05, 3.63) is 54.1 Å². The molecule has 1 aliphatic heterocycles. The molecule has 124 valence electrons. The topological polar surface area (TPSA) is 61.4 Å². The Labute approximate surface area is 141 Å². The number of hydrogen-bond donors (Lipinski definition) is 2. The van der Waals surface area contributed by atoms with Crippen LogP contribution >= 0.6 is 0 Å². The number of anilines is 3. The van der Waals surface area contributed by atoms with E-state index in [9.17, 15) is 9.59 Å². The fraction of sp³-hybridized carbons (Fsp3) is 0.263. The van der Waals surface area contributed by atoms with Gasteiger partial charge in [0.1, 0.15) is 0 Å². The number of aryl methyl sites for hydroxylation is 1. The van der Waals surface area contributed by atoms with Crippen LogP contribution in [0.1, 0.15) is 18.4 Å². The Kier molecular flexibility index (Phi) is 4.79. The summed E-state index contributed by atoms with van der Waals surface area (Å²) in [5.74, 6) is -1.35. The number of rotatable bonds is 3. The number of nitrogens with one attached hydrogen (secondary N) is 2. The number of benzene rings is 2. The highest BCUT2D eigenvalue weighted by atomic mass is 16.2. The maximum atomic E-state index is 12.0. The Morgan fingerprint density at radius 1 is 0.875 bits per heavy atom. The third kappa shape index (κ3) is 3.93. The molecule has 0 radical (unpaired) electrons. The van der Waals surface area contributed by atoms with E-state index in [0.717, 1.165) is 24.3 Å². The molecule has 2 N–H and O–H groups in total. The second-order valence-electron chi connectivity index (χ2n) is 6.02. The van der Waals surface area contributed by atoms with Gasteiger partial charge in [-0.1, -0.05) is 12.1 Å². The van der Waals surface area contributed by atoms with Crippen LogP contribution in [-0.2, 0) is 9.59 Å². The van der Waals surface area contributed by atoms with Crippen LogP contribution in [0.25, 0.3) is 0 Å². The molecule has 1 saturated heterocycles. The molecule has 1 fully saturated rings. The monoisotopic (exact) mass is 323 g/mol. The maximum Gasteiger partial charge on any atom is 0.314 e. The largest absolute Gasteiger partial charge is 0.372 e. The van der Waals surface area contributed by atoms with Crippen LogP contribution in [0.4, 0.5) is 17.1 Å². The minimum Gasteiger partial charge on any atom is -0.372 e. The molecule has 1 heterocycles. The minimum absolute atomic E-state index is 0.611. The summed E-state index contributed by atoms with van der Waals surface area (Å²) in [6.07, 6.45) is 2.44. The van der Waals surface area contributed by atoms with Crippen LogP contribution in [0, 0.1) is 6.92 Å². The van der Waals surface area contributed by atoms with Crippen LogP contribution in [0.15, 0.2) is 48.5 Å². The Balaban J connectivity index is 1.58. The Morgan fingerprint density at radius 3 is 2.12 bits per heavy atom. The molecule has 0 spiro atoms. The molecule has 0 aromatic heterocycles. The molecule has 0 atom stereocenters. The van der Waals surface area contributed by atoms with E-state index in [4.69, 9.17) is 0 Å². The first-order valence-electron chi connectivity index (χ1n) is 8.16. The van der Waals surface area contributed by atoms with Gasteiger partial charge in [0.05, 0.1) is 0 Å². The molecule has 24 heavy (non-hydrogen) atoms. The first kappa shape index (κ1) is 16.1. The molecule has 0 unspecified atom stereocenters. The second-order valence-corrected chi connectivity index (χ2v) is 6.02. The number of hydrogen-bond acceptors (Lipinski definition) is 3. The highest BCUT2D eigenvalue weighted by Crippen LogP contribution is 2.22. The van der Waals surface area contributed by atoms with Gasteiger partial charge < -0.3 is 15.5 Å². The lowest BCUT2D eigenvalue weighted by molar-refractivity contribution is -0.132. The van der Waals surface area contributed by atoms with Gasteiger partial charge in [0.2, 0.25) is 0 Å². The molecule has 0 aliphatic carbocycles. The molecular weight excluding hydrogens is 302 g/mol. The summed E-state index contributed by atoms with van der Waals surface area (Å²) in [6.45, 7) is 4.08. The van der Waals surface area contributed by atoms with E-state index in [2.05, 4.69) is 15.5 Å². The van der Waals surface area contributed by atoms with Crippen LogP contribution in [0.2, 0.25) is 0 Å². The first-order valence-corrected chi connectivity index (χ1v) is 8.16. The summed E-state index contributed by atoms with van der Waals surface area (Å²) < 4.78 is 0. The van der Waals surface area contributed by atoms with Crippen molar-refractivity contribution in [3.63, 3.8) is 0 Å². The van der Waals surface area contributed by atoms with Crippen molar-refractivity contribution in [2.24, 2.45) is 0 Å². The van der Waals surface area contributed by atoms with Gasteiger partial charge in [-0.2, -0.15) is 0 Å². The van der Waals surface area contributed by atoms with Gasteiger partial charge in [-0.25, -0.2) is 0 Å². The van der Waals surface area contributed by atoms with E-state index in [1.54, 1.807) is 6.07 Å². The van der Waals surface area contributed by atoms with Gasteiger partial charge in [-0.15, -0.1) is 0 Å². The Bertz CT molecular complexity index is 735. The van der Waals surface area contributed by atoms with Crippen molar-refractivity contribution in [1.82, 2.24) is 0 Å². The predicted octanol–water partition coefficient (Wildman–Crippen LogP) is 3.17. The molecule has 2 aromatic rings. The SMILES string of the molecule is Cc1cccc(NC(=O)C(=O)Nc2ccc(N3CCCC3)cc2)c1. The summed E-state index contributed by atoms with van der Waals surface area (Å²) in [6, 6.07) is 14.9. The maximum absolute atomic E-state index is 12.0. The van der Waals surface area contributed by atoms with Gasteiger partial charge in [-0.3, -0.25) is 9.59 Å². The number of amides is 2. The summed E-state index contributed by atoms with van der Waals surface area (Å²) in [5.41, 5.74) is 3.39. The van der Waals surface area contributed by atoms with E-state index in [0.29, 0.717) is 11.4 Å². The quantitative estimate of drug-likeness (QED) is 0.853. The second kappa shape index (κ2) is 7.17. The molecule has 5 nitrogen and oxygen atoms in total. The summed E-state index contributed by atoms with van der Waals surface area (Å²) in [7, 11) is 0. The number of nitrogens with zero attached hydrogens (tertiary/aromatic N) is 1. The average molecular weight is 323 g/mol. The van der Waals surface area contributed by atoms with Crippen molar-refractivity contribution in [3.8, 4) is 0 Å². The molecule has 0 saturated carbocycles. The predicted molar refractivity (Wildman–Crippen MR) is 96.3 cm³/mol. The standard InChI is InChI=1S/C19H21N3O2/c1-14-5-4-6-16(13-14)21-19(24)18(23)20-15-7-9-17(10-8-15)22-11-2-3-12-22/h4-10,13H,2-3,11-12H2,1H3,(H,20,23)(H,21,24). The third-order valence-electron chi connectivity index (χ3n) is 4.08. The highest BCUT2D eigenvalue weighted by Gasteiger charge is 2.15. The number of carbonyl (C=O) groups excluding carboxylic acids is 2. The van der Waals surface area contributed by atoms with Gasteiger partial charge >= 0.3 is 11.8 Å². The molecule has 1 aliphatic rings. The van der Waals surface area contributed by atoms with E-state index in [1.165, 1.54) is 12.8 Å². The van der Waals surface area contributed by atoms with E-state index >= 15 is 0 Å². The van der Waals surface area contributed by atoms with Crippen LogP contribution < -0.4 is 15.5 Å². The molecule has 3 rings (SSSR count). The van der Waals surface area contributed by atoms with Gasteiger partial charge in [-0.05, 0) is 61.7 Å². The zero-order valence-corrected chi connectivity index (χ0v) is 13.7. The van der Waals surface area contributed by atoms with Gasteiger partial charge in [0, 0.05) is 30.2 Å². The average Bonchev–Trinajstić information content (AvgIpc) is 3.10. The summed E-state index contributed by atoms with van der Waals surface area (Å²) in [4.78, 5) is 26.3. The summed E-state index contributed by atoms with van der Waals surface area (Å²) in [5, 5.41) is 5.22. The third-order valence-corrected chi connectivity index (χ3v) is 4.08. The van der Waals surface area contributed by atoms with E-state index in [-0.39, 0.29) is 0 Å². The molecule has 2 amide bonds. The lowest BCUT2D eigenvalue weighted by Gasteiger charge is -2.17. The van der Waals surface area contributed by atoms with E-state index < -0.39 is 11.8 Å². The van der Waals surface area contributed by atoms with Crippen molar-refractivity contribution in [2.45, 2.75) is 19.8 Å². The Hall–Kier alpha value is -2.82. The normalized spacial score (nSPS) is 13.6. The van der Waals surface area contributed by atoms with Gasteiger partial charge in [0.15, 0.2) is 0 Å². The van der Waals surface area contributed by atoms with E-state index in [1.807, 2.05) is 49.4 Å². The molecule has 2 aromatic carbocycles. The van der Waals surface area contributed by atoms with Crippen LogP contribution in [0.5, 0.6) is 0 Å². The van der Waals surface area contributed by atoms with Gasteiger partial charge in [0.25, 0.3) is 0 Å². The zero-order chi connectivity index (χ0) is 16.9. The molecule has 0 bridgehead atoms. The van der Waals surface area contributed by atoms with Crippen LogP contribution in [-0.4, -0.2) is 24.9 Å². The Morgan fingerprint density at radius 2 is 1.50 bits per heavy atom. The fourth-order valence-corrected chi connectivity index (χ4v) is 2.83. The van der Waals surface area contributed by atoms with Crippen molar-refractivity contribution >= 4 is 28.9 Å². The van der Waals surface area contributed by atoms with Crippen LogP contribution in [0.3, 0.4) is 0 Å². The van der Waals surface area contributed by atoms with Crippen molar-refractivity contribution in [2.75, 3.05) is 28.6 Å². The van der Waals surface area contributed by atoms with Crippen molar-refractivity contribution < 1.29 is 9.59 Å². The lowest BCUT2D eigenvalue weighted by atomic mass is 10.2. The summed E-state index contributed by atoms with van der Waals surface area (Å²) >= 11 is 0. The fourth-order valence-electron chi connectivity index (χ4n) is 2.83. The molecule has 5 heteroatoms.